The van der Waals surface area contributed by atoms with E-state index in [2.05, 4.69) is 30.4 Å². The Morgan fingerprint density at radius 3 is 3.07 bits per heavy atom. The van der Waals surface area contributed by atoms with Crippen LogP contribution in [0.5, 0.6) is 0 Å². The SMILES string of the molecule is c1c[nH]c2c(-c3c[nH]nn3)cnc-2n1. The van der Waals surface area contributed by atoms with Gasteiger partial charge >= 0.3 is 0 Å². The Balaban J connectivity index is 2.25. The third-order valence-electron chi connectivity index (χ3n) is 2.00. The van der Waals surface area contributed by atoms with Crippen LogP contribution in [0.25, 0.3) is 22.8 Å². The van der Waals surface area contributed by atoms with Gasteiger partial charge in [0.15, 0.2) is 5.82 Å². The van der Waals surface area contributed by atoms with Gasteiger partial charge in [-0.2, -0.15) is 0 Å². The average Bonchev–Trinajstić information content (AvgIpc) is 2.85. The van der Waals surface area contributed by atoms with Crippen molar-refractivity contribution in [3.63, 3.8) is 0 Å². The maximum absolute atomic E-state index is 4.15. The van der Waals surface area contributed by atoms with Crippen molar-refractivity contribution in [2.24, 2.45) is 0 Å². The Labute approximate surface area is 78.8 Å². The Hall–Kier alpha value is -2.24. The quantitative estimate of drug-likeness (QED) is 0.585. The van der Waals surface area contributed by atoms with E-state index in [0.717, 1.165) is 17.0 Å². The minimum absolute atomic E-state index is 0.686. The first kappa shape index (κ1) is 7.19. The normalized spacial score (nSPS) is 10.9. The minimum Gasteiger partial charge on any atom is -0.357 e. The van der Waals surface area contributed by atoms with Gasteiger partial charge in [0, 0.05) is 24.2 Å². The van der Waals surface area contributed by atoms with Crippen molar-refractivity contribution in [3.8, 4) is 22.8 Å². The highest BCUT2D eigenvalue weighted by atomic mass is 15.3. The number of hydrogen-bond donors (Lipinski definition) is 2. The van der Waals surface area contributed by atoms with Crippen LogP contribution in [0.1, 0.15) is 0 Å². The molecule has 0 spiro atoms. The van der Waals surface area contributed by atoms with Crippen LogP contribution in [0, 0.1) is 0 Å². The van der Waals surface area contributed by atoms with Crippen molar-refractivity contribution in [2.75, 3.05) is 0 Å². The molecule has 0 aliphatic carbocycles. The van der Waals surface area contributed by atoms with E-state index < -0.39 is 0 Å². The van der Waals surface area contributed by atoms with Crippen LogP contribution in [0.15, 0.2) is 24.8 Å². The summed E-state index contributed by atoms with van der Waals surface area (Å²) < 4.78 is 0. The summed E-state index contributed by atoms with van der Waals surface area (Å²) in [6.45, 7) is 0. The Morgan fingerprint density at radius 2 is 2.21 bits per heavy atom. The number of hydrogen-bond acceptors (Lipinski definition) is 4. The van der Waals surface area contributed by atoms with E-state index in [0.29, 0.717) is 5.82 Å². The first-order valence-corrected chi connectivity index (χ1v) is 4.10. The molecule has 1 aromatic rings. The second-order valence-electron chi connectivity index (χ2n) is 2.82. The van der Waals surface area contributed by atoms with Crippen LogP contribution in [0.4, 0.5) is 0 Å². The molecule has 0 radical (unpaired) electrons. The fourth-order valence-electron chi connectivity index (χ4n) is 1.37. The number of nitrogens with one attached hydrogen (secondary N) is 2. The molecule has 0 atom stereocenters. The van der Waals surface area contributed by atoms with Gasteiger partial charge in [-0.1, -0.05) is 5.21 Å². The monoisotopic (exact) mass is 186 g/mol. The van der Waals surface area contributed by atoms with Crippen molar-refractivity contribution in [3.05, 3.63) is 24.8 Å². The molecule has 3 heterocycles. The van der Waals surface area contributed by atoms with Gasteiger partial charge in [-0.3, -0.25) is 5.10 Å². The Bertz CT molecular complexity index is 511. The van der Waals surface area contributed by atoms with Crippen LogP contribution in [0.3, 0.4) is 0 Å². The second-order valence-corrected chi connectivity index (χ2v) is 2.82. The zero-order valence-corrected chi connectivity index (χ0v) is 7.10. The van der Waals surface area contributed by atoms with Gasteiger partial charge in [0.05, 0.1) is 11.9 Å². The number of aromatic amines is 2. The standard InChI is InChI=1S/C8H6N6/c1-2-10-8-7(9-1)5(3-11-8)6-4-12-14-13-6/h1-4,9H,(H,12,13,14). The highest BCUT2D eigenvalue weighted by Gasteiger charge is 2.15. The summed E-state index contributed by atoms with van der Waals surface area (Å²) in [5, 5.41) is 10.2. The van der Waals surface area contributed by atoms with Gasteiger partial charge in [-0.05, 0) is 0 Å². The number of nitrogens with zero attached hydrogens (tertiary/aromatic N) is 4. The van der Waals surface area contributed by atoms with Crippen molar-refractivity contribution >= 4 is 0 Å². The van der Waals surface area contributed by atoms with E-state index in [-0.39, 0.29) is 0 Å². The van der Waals surface area contributed by atoms with E-state index in [1.807, 2.05) is 0 Å². The molecule has 0 saturated carbocycles. The molecule has 0 unspecified atom stereocenters. The lowest BCUT2D eigenvalue weighted by atomic mass is 10.2. The third-order valence-corrected chi connectivity index (χ3v) is 2.00. The van der Waals surface area contributed by atoms with Crippen molar-refractivity contribution < 1.29 is 0 Å². The Morgan fingerprint density at radius 1 is 1.21 bits per heavy atom. The van der Waals surface area contributed by atoms with Crippen molar-refractivity contribution in [1.29, 1.82) is 0 Å². The zero-order chi connectivity index (χ0) is 9.38. The number of fused-ring (bicyclic) bond motifs is 1. The average molecular weight is 186 g/mol. The van der Waals surface area contributed by atoms with Crippen LogP contribution < -0.4 is 0 Å². The molecular weight excluding hydrogens is 180 g/mol. The molecule has 14 heavy (non-hydrogen) atoms. The third kappa shape index (κ3) is 0.905. The van der Waals surface area contributed by atoms with Gasteiger partial charge in [0.1, 0.15) is 5.69 Å². The maximum Gasteiger partial charge on any atom is 0.176 e. The van der Waals surface area contributed by atoms with Gasteiger partial charge in [0.25, 0.3) is 0 Å². The van der Waals surface area contributed by atoms with Crippen molar-refractivity contribution in [2.45, 2.75) is 0 Å². The smallest absolute Gasteiger partial charge is 0.176 e. The molecule has 2 aliphatic heterocycles. The lowest BCUT2D eigenvalue weighted by Crippen LogP contribution is -1.87. The first-order valence-electron chi connectivity index (χ1n) is 4.10. The topological polar surface area (TPSA) is 83.1 Å². The lowest BCUT2D eigenvalue weighted by molar-refractivity contribution is 0.942. The van der Waals surface area contributed by atoms with E-state index in [1.165, 1.54) is 0 Å². The number of aromatic nitrogens is 6. The molecule has 1 aromatic heterocycles. The molecule has 68 valence electrons. The second kappa shape index (κ2) is 2.63. The number of rotatable bonds is 1. The molecule has 6 nitrogen and oxygen atoms in total. The van der Waals surface area contributed by atoms with Gasteiger partial charge in [-0.25, -0.2) is 9.97 Å². The predicted molar refractivity (Wildman–Crippen MR) is 48.4 cm³/mol. The largest absolute Gasteiger partial charge is 0.357 e. The van der Waals surface area contributed by atoms with E-state index >= 15 is 0 Å². The van der Waals surface area contributed by atoms with Gasteiger partial charge in [0.2, 0.25) is 0 Å². The lowest BCUT2D eigenvalue weighted by Gasteiger charge is -1.97. The summed E-state index contributed by atoms with van der Waals surface area (Å²) in [7, 11) is 0. The van der Waals surface area contributed by atoms with Gasteiger partial charge < -0.3 is 4.98 Å². The molecule has 0 fully saturated rings. The summed E-state index contributed by atoms with van der Waals surface area (Å²) in [5.74, 6) is 0.686. The Kier molecular flexibility index (Phi) is 1.35. The van der Waals surface area contributed by atoms with Crippen LogP contribution in [0.2, 0.25) is 0 Å². The first-order chi connectivity index (χ1) is 6.95. The fourth-order valence-corrected chi connectivity index (χ4v) is 1.37. The molecular formula is C8H6N6. The maximum atomic E-state index is 4.15. The van der Waals surface area contributed by atoms with Crippen molar-refractivity contribution in [1.82, 2.24) is 30.4 Å². The zero-order valence-electron chi connectivity index (χ0n) is 7.10. The van der Waals surface area contributed by atoms with E-state index in [4.69, 9.17) is 0 Å². The highest BCUT2D eigenvalue weighted by molar-refractivity contribution is 5.76. The van der Waals surface area contributed by atoms with Crippen LogP contribution >= 0.6 is 0 Å². The highest BCUT2D eigenvalue weighted by Crippen LogP contribution is 2.27. The molecule has 0 bridgehead atoms. The summed E-state index contributed by atoms with van der Waals surface area (Å²) >= 11 is 0. The molecule has 6 heteroatoms. The molecule has 0 aromatic carbocycles. The van der Waals surface area contributed by atoms with Gasteiger partial charge in [-0.15, -0.1) is 5.10 Å². The number of H-pyrrole nitrogens is 2. The van der Waals surface area contributed by atoms with Crippen LogP contribution in [-0.2, 0) is 0 Å². The molecule has 3 rings (SSSR count). The predicted octanol–water partition coefficient (Wildman–Crippen LogP) is 0.695. The molecule has 2 aliphatic rings. The molecule has 0 amide bonds. The fraction of sp³-hybridized carbons (Fsp3) is 0. The summed E-state index contributed by atoms with van der Waals surface area (Å²) in [4.78, 5) is 11.3. The van der Waals surface area contributed by atoms with Crippen LogP contribution in [-0.4, -0.2) is 30.4 Å². The minimum atomic E-state index is 0.686. The molecule has 0 saturated heterocycles. The summed E-state index contributed by atoms with van der Waals surface area (Å²) in [6.07, 6.45) is 6.87. The van der Waals surface area contributed by atoms with E-state index in [9.17, 15) is 0 Å². The summed E-state index contributed by atoms with van der Waals surface area (Å²) in [5.41, 5.74) is 2.54. The van der Waals surface area contributed by atoms with E-state index in [1.54, 1.807) is 24.8 Å². The summed E-state index contributed by atoms with van der Waals surface area (Å²) in [6, 6.07) is 0. The molecule has 2 N–H and O–H groups in total.